The van der Waals surface area contributed by atoms with Gasteiger partial charge in [0.2, 0.25) is 0 Å². The lowest BCUT2D eigenvalue weighted by molar-refractivity contribution is -0.143. The highest BCUT2D eigenvalue weighted by atomic mass is 19.4. The maximum absolute atomic E-state index is 13.3. The van der Waals surface area contributed by atoms with Crippen molar-refractivity contribution in [1.82, 2.24) is 9.78 Å². The normalized spacial score (nSPS) is 17.5. The third-order valence-electron chi connectivity index (χ3n) is 4.10. The van der Waals surface area contributed by atoms with Crippen LogP contribution in [0, 0.1) is 0 Å². The monoisotopic (exact) mass is 383 g/mol. The van der Waals surface area contributed by atoms with E-state index in [0.29, 0.717) is 23.9 Å². The molecule has 1 aromatic heterocycles. The van der Waals surface area contributed by atoms with Gasteiger partial charge in [-0.3, -0.25) is 4.79 Å². The first-order valence-electron chi connectivity index (χ1n) is 8.19. The van der Waals surface area contributed by atoms with Crippen molar-refractivity contribution < 1.29 is 32.6 Å². The van der Waals surface area contributed by atoms with E-state index in [1.807, 2.05) is 0 Å². The van der Waals surface area contributed by atoms with Gasteiger partial charge in [0.25, 0.3) is 5.91 Å². The molecule has 0 spiro atoms. The minimum absolute atomic E-state index is 0.0304. The molecule has 1 fully saturated rings. The lowest BCUT2D eigenvalue weighted by atomic mass is 10.1. The molecule has 2 N–H and O–H groups in total. The van der Waals surface area contributed by atoms with Crippen molar-refractivity contribution >= 4 is 17.6 Å². The Morgan fingerprint density at radius 2 is 2.07 bits per heavy atom. The molecule has 0 saturated carbocycles. The Balaban J connectivity index is 1.90. The number of aromatic carboxylic acids is 1. The van der Waals surface area contributed by atoms with E-state index in [0.717, 1.165) is 12.8 Å². The fraction of sp³-hybridized carbons (Fsp3) is 0.353. The maximum Gasteiger partial charge on any atom is 0.434 e. The fourth-order valence-corrected chi connectivity index (χ4v) is 2.86. The number of carbonyl (C=O) groups excluding carboxylic acids is 1. The number of anilines is 1. The average Bonchev–Trinajstić information content (AvgIpc) is 3.08. The molecule has 10 heteroatoms. The van der Waals surface area contributed by atoms with Gasteiger partial charge in [0.05, 0.1) is 11.9 Å². The van der Waals surface area contributed by atoms with Crippen molar-refractivity contribution in [1.29, 1.82) is 0 Å². The Hall–Kier alpha value is -2.88. The molecule has 1 atom stereocenters. The Labute approximate surface area is 151 Å². The first kappa shape index (κ1) is 18.9. The first-order chi connectivity index (χ1) is 12.8. The Bertz CT molecular complexity index is 857. The summed E-state index contributed by atoms with van der Waals surface area (Å²) in [6.07, 6.45) is -2.56. The van der Waals surface area contributed by atoms with Gasteiger partial charge in [-0.05, 0) is 37.5 Å². The molecule has 1 aliphatic heterocycles. The average molecular weight is 383 g/mol. The molecule has 0 bridgehead atoms. The molecule has 144 valence electrons. The quantitative estimate of drug-likeness (QED) is 0.846. The zero-order valence-electron chi connectivity index (χ0n) is 14.0. The number of carboxylic acid groups (broad SMARTS) is 1. The molecule has 1 amide bonds. The van der Waals surface area contributed by atoms with Crippen molar-refractivity contribution in [2.24, 2.45) is 0 Å². The minimum Gasteiger partial charge on any atom is -0.478 e. The highest BCUT2D eigenvalue weighted by Gasteiger charge is 2.40. The van der Waals surface area contributed by atoms with Crippen LogP contribution in [0.1, 0.15) is 35.3 Å². The minimum atomic E-state index is -4.92. The van der Waals surface area contributed by atoms with E-state index in [9.17, 15) is 22.8 Å². The summed E-state index contributed by atoms with van der Waals surface area (Å²) in [5, 5.41) is 15.2. The summed E-state index contributed by atoms with van der Waals surface area (Å²) in [6.45, 7) is 0.484. The van der Waals surface area contributed by atoms with Crippen molar-refractivity contribution in [2.75, 3.05) is 11.9 Å². The van der Waals surface area contributed by atoms with Crippen LogP contribution in [0.25, 0.3) is 5.69 Å². The van der Waals surface area contributed by atoms with Crippen molar-refractivity contribution in [2.45, 2.75) is 31.5 Å². The molecule has 3 rings (SSSR count). The predicted octanol–water partition coefficient (Wildman–Crippen LogP) is 3.10. The molecular weight excluding hydrogens is 367 g/mol. The SMILES string of the molecule is O=C(O)c1cnn(-c2cccc(NC(=O)C3CCCCO3)c2)c1C(F)(F)F. The summed E-state index contributed by atoms with van der Waals surface area (Å²) in [5.41, 5.74) is -2.12. The number of ether oxygens (including phenoxy) is 1. The van der Waals surface area contributed by atoms with E-state index in [4.69, 9.17) is 9.84 Å². The van der Waals surface area contributed by atoms with E-state index < -0.39 is 29.5 Å². The largest absolute Gasteiger partial charge is 0.478 e. The third kappa shape index (κ3) is 4.11. The highest BCUT2D eigenvalue weighted by Crippen LogP contribution is 2.34. The molecule has 1 unspecified atom stereocenters. The first-order valence-corrected chi connectivity index (χ1v) is 8.19. The van der Waals surface area contributed by atoms with Crippen LogP contribution in [-0.2, 0) is 15.7 Å². The standard InChI is InChI=1S/C17H16F3N3O4/c18-17(19,20)14-12(16(25)26)9-21-23(14)11-5-3-4-10(8-11)22-15(24)13-6-1-2-7-27-13/h3-5,8-9,13H,1-2,6-7H2,(H,22,24)(H,25,26). The fourth-order valence-electron chi connectivity index (χ4n) is 2.86. The lowest BCUT2D eigenvalue weighted by Crippen LogP contribution is -2.33. The Morgan fingerprint density at radius 1 is 1.30 bits per heavy atom. The number of aromatic nitrogens is 2. The Kier molecular flexibility index (Phi) is 5.17. The number of nitrogens with zero attached hydrogens (tertiary/aromatic N) is 2. The second-order valence-corrected chi connectivity index (χ2v) is 6.02. The van der Waals surface area contributed by atoms with Crippen LogP contribution in [0.2, 0.25) is 0 Å². The third-order valence-corrected chi connectivity index (χ3v) is 4.10. The second kappa shape index (κ2) is 7.39. The number of hydrogen-bond donors (Lipinski definition) is 2. The van der Waals surface area contributed by atoms with Gasteiger partial charge in [0.15, 0.2) is 5.69 Å². The van der Waals surface area contributed by atoms with Gasteiger partial charge in [-0.15, -0.1) is 0 Å². The number of carbonyl (C=O) groups is 2. The van der Waals surface area contributed by atoms with Crippen LogP contribution >= 0.6 is 0 Å². The van der Waals surface area contributed by atoms with Crippen molar-refractivity contribution in [3.05, 3.63) is 41.7 Å². The van der Waals surface area contributed by atoms with Gasteiger partial charge in [-0.25, -0.2) is 9.48 Å². The maximum atomic E-state index is 13.3. The number of nitrogens with one attached hydrogen (secondary N) is 1. The van der Waals surface area contributed by atoms with Gasteiger partial charge < -0.3 is 15.2 Å². The number of rotatable bonds is 4. The highest BCUT2D eigenvalue weighted by molar-refractivity contribution is 5.94. The second-order valence-electron chi connectivity index (χ2n) is 6.02. The van der Waals surface area contributed by atoms with E-state index in [1.54, 1.807) is 0 Å². The van der Waals surface area contributed by atoms with Crippen LogP contribution in [0.4, 0.5) is 18.9 Å². The summed E-state index contributed by atoms with van der Waals surface area (Å²) < 4.78 is 45.9. The van der Waals surface area contributed by atoms with Gasteiger partial charge >= 0.3 is 12.1 Å². The molecular formula is C17H16F3N3O4. The van der Waals surface area contributed by atoms with Crippen molar-refractivity contribution in [3.8, 4) is 5.69 Å². The van der Waals surface area contributed by atoms with E-state index in [2.05, 4.69) is 10.4 Å². The number of halogens is 3. The smallest absolute Gasteiger partial charge is 0.434 e. The van der Waals surface area contributed by atoms with Crippen LogP contribution < -0.4 is 5.32 Å². The van der Waals surface area contributed by atoms with Crippen molar-refractivity contribution in [3.63, 3.8) is 0 Å². The summed E-state index contributed by atoms with van der Waals surface area (Å²) >= 11 is 0. The molecule has 0 aliphatic carbocycles. The van der Waals surface area contributed by atoms with Crippen LogP contribution in [0.3, 0.4) is 0 Å². The molecule has 1 aliphatic rings. The lowest BCUT2D eigenvalue weighted by Gasteiger charge is -2.21. The number of carboxylic acids is 1. The Morgan fingerprint density at radius 3 is 2.70 bits per heavy atom. The molecule has 0 radical (unpaired) electrons. The van der Waals surface area contributed by atoms with Crippen LogP contribution in [0.15, 0.2) is 30.5 Å². The van der Waals surface area contributed by atoms with Crippen LogP contribution in [-0.4, -0.2) is 39.5 Å². The zero-order chi connectivity index (χ0) is 19.6. The number of benzene rings is 1. The number of hydrogen-bond acceptors (Lipinski definition) is 4. The van der Waals surface area contributed by atoms with Crippen LogP contribution in [0.5, 0.6) is 0 Å². The van der Waals surface area contributed by atoms with Gasteiger partial charge in [0.1, 0.15) is 11.7 Å². The molecule has 1 aromatic carbocycles. The van der Waals surface area contributed by atoms with Gasteiger partial charge in [-0.1, -0.05) is 6.07 Å². The van der Waals surface area contributed by atoms with E-state index in [-0.39, 0.29) is 17.3 Å². The van der Waals surface area contributed by atoms with Gasteiger partial charge in [0, 0.05) is 12.3 Å². The van der Waals surface area contributed by atoms with E-state index in [1.165, 1.54) is 24.3 Å². The molecule has 27 heavy (non-hydrogen) atoms. The summed E-state index contributed by atoms with van der Waals surface area (Å²) in [7, 11) is 0. The zero-order valence-corrected chi connectivity index (χ0v) is 14.0. The summed E-state index contributed by atoms with van der Waals surface area (Å²) in [4.78, 5) is 23.3. The number of amides is 1. The summed E-state index contributed by atoms with van der Waals surface area (Å²) in [6, 6.07) is 5.57. The molecule has 2 aromatic rings. The van der Waals surface area contributed by atoms with E-state index >= 15 is 0 Å². The topological polar surface area (TPSA) is 93.5 Å². The predicted molar refractivity (Wildman–Crippen MR) is 87.7 cm³/mol. The van der Waals surface area contributed by atoms with Gasteiger partial charge in [-0.2, -0.15) is 18.3 Å². The molecule has 7 nitrogen and oxygen atoms in total. The number of alkyl halides is 3. The molecule has 2 heterocycles. The molecule has 1 saturated heterocycles. The summed E-state index contributed by atoms with van der Waals surface area (Å²) in [5.74, 6) is -2.11.